The highest BCUT2D eigenvalue weighted by molar-refractivity contribution is 5.95. The maximum absolute atomic E-state index is 12.7. The van der Waals surface area contributed by atoms with E-state index in [-0.39, 0.29) is 24.4 Å². The SMILES string of the molecule is C=CCc1cc(C(=O)N(C)CCC(N)C(C)C)cc(OC)c1OC.Cl. The molecule has 0 saturated heterocycles. The number of hydrogen-bond donors (Lipinski definition) is 1. The third-order valence-electron chi connectivity index (χ3n) is 4.17. The van der Waals surface area contributed by atoms with Crippen LogP contribution in [-0.2, 0) is 6.42 Å². The van der Waals surface area contributed by atoms with Crippen LogP contribution >= 0.6 is 12.4 Å². The third-order valence-corrected chi connectivity index (χ3v) is 4.17. The van der Waals surface area contributed by atoms with Crippen molar-refractivity contribution in [1.82, 2.24) is 4.90 Å². The van der Waals surface area contributed by atoms with Crippen LogP contribution in [0.3, 0.4) is 0 Å². The van der Waals surface area contributed by atoms with Gasteiger partial charge in [-0.25, -0.2) is 0 Å². The molecule has 142 valence electrons. The quantitative estimate of drug-likeness (QED) is 0.677. The van der Waals surface area contributed by atoms with Gasteiger partial charge in [0.1, 0.15) is 0 Å². The van der Waals surface area contributed by atoms with Crippen LogP contribution in [0.4, 0.5) is 0 Å². The number of amides is 1. The van der Waals surface area contributed by atoms with Gasteiger partial charge in [0.15, 0.2) is 11.5 Å². The molecule has 1 aromatic carbocycles. The minimum atomic E-state index is -0.0581. The fourth-order valence-corrected chi connectivity index (χ4v) is 2.47. The molecule has 25 heavy (non-hydrogen) atoms. The van der Waals surface area contributed by atoms with Crippen molar-refractivity contribution >= 4 is 18.3 Å². The molecule has 0 bridgehead atoms. The summed E-state index contributed by atoms with van der Waals surface area (Å²) in [4.78, 5) is 14.4. The number of carbonyl (C=O) groups is 1. The van der Waals surface area contributed by atoms with Crippen molar-refractivity contribution < 1.29 is 14.3 Å². The summed E-state index contributed by atoms with van der Waals surface area (Å²) in [6, 6.07) is 3.64. The number of allylic oxidation sites excluding steroid dienone is 1. The summed E-state index contributed by atoms with van der Waals surface area (Å²) >= 11 is 0. The zero-order valence-electron chi connectivity index (χ0n) is 15.9. The van der Waals surface area contributed by atoms with Crippen molar-refractivity contribution in [3.8, 4) is 11.5 Å². The second-order valence-corrected chi connectivity index (χ2v) is 6.29. The predicted molar refractivity (Wildman–Crippen MR) is 105 cm³/mol. The minimum Gasteiger partial charge on any atom is -0.493 e. The van der Waals surface area contributed by atoms with Crippen LogP contribution < -0.4 is 15.2 Å². The zero-order chi connectivity index (χ0) is 18.3. The number of rotatable bonds is 9. The van der Waals surface area contributed by atoms with Crippen molar-refractivity contribution in [2.45, 2.75) is 32.7 Å². The number of carbonyl (C=O) groups excluding carboxylic acids is 1. The van der Waals surface area contributed by atoms with Gasteiger partial charge < -0.3 is 20.1 Å². The highest BCUT2D eigenvalue weighted by Crippen LogP contribution is 2.33. The van der Waals surface area contributed by atoms with E-state index in [1.54, 1.807) is 38.3 Å². The molecule has 1 atom stereocenters. The van der Waals surface area contributed by atoms with Crippen molar-refractivity contribution in [1.29, 1.82) is 0 Å². The summed E-state index contributed by atoms with van der Waals surface area (Å²) in [7, 11) is 4.94. The molecule has 0 aliphatic heterocycles. The lowest BCUT2D eigenvalue weighted by atomic mass is 10.0. The Morgan fingerprint density at radius 3 is 2.44 bits per heavy atom. The fraction of sp³-hybridized carbons (Fsp3) is 0.526. The summed E-state index contributed by atoms with van der Waals surface area (Å²) < 4.78 is 10.8. The number of hydrogen-bond acceptors (Lipinski definition) is 4. The molecule has 1 aromatic rings. The van der Waals surface area contributed by atoms with E-state index in [1.807, 2.05) is 6.07 Å². The standard InChI is InChI=1S/C19H30N2O3.ClH/c1-7-8-14-11-15(12-17(23-5)18(14)24-6)19(22)21(4)10-9-16(20)13(2)3;/h7,11-13,16H,1,8-10,20H2,2-6H3;1H. The number of nitrogens with two attached hydrogens (primary N) is 1. The topological polar surface area (TPSA) is 64.8 Å². The van der Waals surface area contributed by atoms with Gasteiger partial charge in [-0.05, 0) is 30.9 Å². The number of halogens is 1. The van der Waals surface area contributed by atoms with Crippen molar-refractivity contribution in [3.63, 3.8) is 0 Å². The maximum atomic E-state index is 12.7. The first-order valence-electron chi connectivity index (χ1n) is 8.22. The van der Waals surface area contributed by atoms with Gasteiger partial charge in [0.25, 0.3) is 5.91 Å². The Labute approximate surface area is 157 Å². The molecule has 0 saturated carbocycles. The molecule has 6 heteroatoms. The predicted octanol–water partition coefficient (Wildman–Crippen LogP) is 3.30. The Morgan fingerprint density at radius 1 is 1.32 bits per heavy atom. The molecule has 5 nitrogen and oxygen atoms in total. The van der Waals surface area contributed by atoms with Crippen LogP contribution in [0, 0.1) is 5.92 Å². The van der Waals surface area contributed by atoms with Gasteiger partial charge in [0.2, 0.25) is 0 Å². The van der Waals surface area contributed by atoms with E-state index in [1.165, 1.54) is 0 Å². The minimum absolute atomic E-state index is 0. The first-order chi connectivity index (χ1) is 11.3. The number of methoxy groups -OCH3 is 2. The van der Waals surface area contributed by atoms with E-state index >= 15 is 0 Å². The van der Waals surface area contributed by atoms with Gasteiger partial charge in [-0.3, -0.25) is 4.79 Å². The highest BCUT2D eigenvalue weighted by Gasteiger charge is 2.19. The van der Waals surface area contributed by atoms with Crippen LogP contribution in [-0.4, -0.2) is 44.7 Å². The number of ether oxygens (including phenoxy) is 2. The summed E-state index contributed by atoms with van der Waals surface area (Å²) in [6.45, 7) is 8.54. The van der Waals surface area contributed by atoms with Crippen LogP contribution in [0.25, 0.3) is 0 Å². The summed E-state index contributed by atoms with van der Waals surface area (Å²) in [5.41, 5.74) is 7.52. The molecule has 0 spiro atoms. The van der Waals surface area contributed by atoms with Crippen molar-refractivity contribution in [3.05, 3.63) is 35.9 Å². The molecular formula is C19H31ClN2O3. The van der Waals surface area contributed by atoms with Gasteiger partial charge in [-0.15, -0.1) is 19.0 Å². The van der Waals surface area contributed by atoms with Gasteiger partial charge in [0, 0.05) is 30.8 Å². The first-order valence-corrected chi connectivity index (χ1v) is 8.22. The van der Waals surface area contributed by atoms with E-state index in [2.05, 4.69) is 20.4 Å². The summed E-state index contributed by atoms with van der Waals surface area (Å²) in [5.74, 6) is 1.52. The lowest BCUT2D eigenvalue weighted by Gasteiger charge is -2.22. The number of nitrogens with zero attached hydrogens (tertiary/aromatic N) is 1. The average Bonchev–Trinajstić information content (AvgIpc) is 2.57. The van der Waals surface area contributed by atoms with Gasteiger partial charge >= 0.3 is 0 Å². The zero-order valence-corrected chi connectivity index (χ0v) is 16.7. The Hall–Kier alpha value is -1.72. The van der Waals surface area contributed by atoms with E-state index in [4.69, 9.17) is 15.2 Å². The Bertz CT molecular complexity index is 576. The van der Waals surface area contributed by atoms with Crippen molar-refractivity contribution in [2.24, 2.45) is 11.7 Å². The summed E-state index contributed by atoms with van der Waals surface area (Å²) in [5, 5.41) is 0. The molecule has 0 heterocycles. The normalized spacial score (nSPS) is 11.5. The fourth-order valence-electron chi connectivity index (χ4n) is 2.47. The smallest absolute Gasteiger partial charge is 0.253 e. The monoisotopic (exact) mass is 370 g/mol. The molecule has 2 N–H and O–H groups in total. The van der Waals surface area contributed by atoms with Gasteiger partial charge in [0.05, 0.1) is 14.2 Å². The molecule has 1 amide bonds. The van der Waals surface area contributed by atoms with E-state index in [0.717, 1.165) is 12.0 Å². The van der Waals surface area contributed by atoms with E-state index < -0.39 is 0 Å². The van der Waals surface area contributed by atoms with Crippen LogP contribution in [0.5, 0.6) is 11.5 Å². The lowest BCUT2D eigenvalue weighted by molar-refractivity contribution is 0.0788. The van der Waals surface area contributed by atoms with Gasteiger partial charge in [-0.1, -0.05) is 19.9 Å². The second-order valence-electron chi connectivity index (χ2n) is 6.29. The van der Waals surface area contributed by atoms with Crippen LogP contribution in [0.1, 0.15) is 36.2 Å². The Morgan fingerprint density at radius 2 is 1.96 bits per heavy atom. The molecule has 1 rings (SSSR count). The Balaban J connectivity index is 0.00000576. The van der Waals surface area contributed by atoms with E-state index in [9.17, 15) is 4.79 Å². The van der Waals surface area contributed by atoms with Crippen LogP contribution in [0.2, 0.25) is 0 Å². The summed E-state index contributed by atoms with van der Waals surface area (Å²) in [6.07, 6.45) is 3.15. The van der Waals surface area contributed by atoms with Crippen LogP contribution in [0.15, 0.2) is 24.8 Å². The third kappa shape index (κ3) is 6.25. The maximum Gasteiger partial charge on any atom is 0.253 e. The highest BCUT2D eigenvalue weighted by atomic mass is 35.5. The molecule has 0 aliphatic carbocycles. The Kier molecular flexibility index (Phi) is 10.2. The largest absolute Gasteiger partial charge is 0.493 e. The molecular weight excluding hydrogens is 340 g/mol. The molecule has 0 radical (unpaired) electrons. The molecule has 0 aromatic heterocycles. The molecule has 1 unspecified atom stereocenters. The van der Waals surface area contributed by atoms with Gasteiger partial charge in [-0.2, -0.15) is 0 Å². The first kappa shape index (κ1) is 23.3. The van der Waals surface area contributed by atoms with Crippen molar-refractivity contribution in [2.75, 3.05) is 27.8 Å². The second kappa shape index (κ2) is 11.0. The lowest BCUT2D eigenvalue weighted by Crippen LogP contribution is -2.34. The van der Waals surface area contributed by atoms with E-state index in [0.29, 0.717) is 35.9 Å². The molecule has 0 fully saturated rings. The molecule has 0 aliphatic rings. The average molecular weight is 371 g/mol. The number of benzene rings is 1.